The Hall–Kier alpha value is -0.943. The number of hydrogen-bond donors (Lipinski definition) is 0. The molecule has 3 fully saturated rings. The van der Waals surface area contributed by atoms with E-state index in [1.807, 2.05) is 6.92 Å². The van der Waals surface area contributed by atoms with Crippen LogP contribution in [0.1, 0.15) is 92.9 Å². The molecule has 0 N–H and O–H groups in total. The number of carbonyl (C=O) groups excluding carboxylic acids is 2. The maximum atomic E-state index is 12.5. The van der Waals surface area contributed by atoms with Gasteiger partial charge in [-0.25, -0.2) is 0 Å². The summed E-state index contributed by atoms with van der Waals surface area (Å²) < 4.78 is 12.7. The van der Waals surface area contributed by atoms with Gasteiger partial charge in [-0.05, 0) is 93.2 Å². The first-order valence-electron chi connectivity index (χ1n) is 13.7. The molecule has 4 aliphatic carbocycles. The van der Waals surface area contributed by atoms with Gasteiger partial charge in [-0.3, -0.25) is 9.59 Å². The predicted molar refractivity (Wildman–Crippen MR) is 139 cm³/mol. The lowest BCUT2D eigenvalue weighted by Gasteiger charge is -2.59. The highest BCUT2D eigenvalue weighted by Crippen LogP contribution is 2.66. The third kappa shape index (κ3) is 4.27. The summed E-state index contributed by atoms with van der Waals surface area (Å²) in [6.07, 6.45) is 11.1. The van der Waals surface area contributed by atoms with E-state index in [1.54, 1.807) is 0 Å². The van der Waals surface area contributed by atoms with Crippen LogP contribution in [0.15, 0.2) is 11.6 Å². The number of hydrogen-bond acceptors (Lipinski definition) is 4. The van der Waals surface area contributed by atoms with Crippen LogP contribution in [0, 0.1) is 34.5 Å². The molecule has 0 aromatic rings. The lowest BCUT2D eigenvalue weighted by molar-refractivity contribution is -0.149. The Morgan fingerprint density at radius 1 is 1.06 bits per heavy atom. The van der Waals surface area contributed by atoms with Crippen LogP contribution >= 0.6 is 0 Å². The molecular weight excluding hydrogens is 440 g/mol. The van der Waals surface area contributed by atoms with Gasteiger partial charge in [0, 0.05) is 31.3 Å². The van der Waals surface area contributed by atoms with Gasteiger partial charge < -0.3 is 9.16 Å². The molecule has 0 bridgehead atoms. The highest BCUT2D eigenvalue weighted by molar-refractivity contribution is 6.74. The lowest BCUT2D eigenvalue weighted by Crippen LogP contribution is -2.55. The lowest BCUT2D eigenvalue weighted by atomic mass is 9.47. The van der Waals surface area contributed by atoms with Crippen molar-refractivity contribution >= 4 is 20.1 Å². The molecule has 0 unspecified atom stereocenters. The standard InChI is InChI=1S/C29H48O4Si/c1-19(30)24-11-12-25-23-10-9-21-17-22(33-20(2)31)13-16-29(21,26(23)14-15-28(24,25)6)18-32-34(7,8)27(3,4)5/h9,22-26H,10-18H2,1-8H3/t22-,23-,24+,25-,26-,28+,29+/m0/s1. The van der Waals surface area contributed by atoms with E-state index >= 15 is 0 Å². The smallest absolute Gasteiger partial charge is 0.302 e. The van der Waals surface area contributed by atoms with Crippen LogP contribution in [0.3, 0.4) is 0 Å². The second-order valence-corrected chi connectivity index (χ2v) is 18.6. The Bertz CT molecular complexity index is 855. The van der Waals surface area contributed by atoms with E-state index in [4.69, 9.17) is 9.16 Å². The number of ketones is 1. The average Bonchev–Trinajstić information content (AvgIpc) is 3.08. The number of rotatable bonds is 5. The molecule has 0 aromatic heterocycles. The maximum absolute atomic E-state index is 12.5. The Kier molecular flexibility index (Phi) is 6.81. The minimum Gasteiger partial charge on any atom is -0.462 e. The third-order valence-electron chi connectivity index (χ3n) is 11.1. The minimum absolute atomic E-state index is 0.00345. The van der Waals surface area contributed by atoms with Gasteiger partial charge >= 0.3 is 5.97 Å². The molecule has 4 nitrogen and oxygen atoms in total. The second-order valence-electron chi connectivity index (χ2n) is 13.8. The second kappa shape index (κ2) is 8.87. The van der Waals surface area contributed by atoms with Crippen LogP contribution in [-0.2, 0) is 18.8 Å². The SMILES string of the molecule is CC(=O)O[C@H]1CC[C@@]2(CO[Si](C)(C)C(C)(C)C)C(=CC[C@@H]3[C@@H]2CC[C@]2(C)[C@@H](C(C)=O)CC[C@@H]32)C1. The van der Waals surface area contributed by atoms with Crippen molar-refractivity contribution in [2.24, 2.45) is 34.5 Å². The van der Waals surface area contributed by atoms with Crippen molar-refractivity contribution in [3.8, 4) is 0 Å². The quantitative estimate of drug-likeness (QED) is 0.235. The van der Waals surface area contributed by atoms with Crippen molar-refractivity contribution in [1.82, 2.24) is 0 Å². The predicted octanol–water partition coefficient (Wildman–Crippen LogP) is 7.09. The van der Waals surface area contributed by atoms with Crippen molar-refractivity contribution in [2.45, 2.75) is 117 Å². The first-order chi connectivity index (χ1) is 15.7. The van der Waals surface area contributed by atoms with Gasteiger partial charge in [-0.15, -0.1) is 0 Å². The molecule has 0 aromatic carbocycles. The van der Waals surface area contributed by atoms with E-state index in [-0.39, 0.29) is 33.9 Å². The number of esters is 1. The van der Waals surface area contributed by atoms with E-state index in [1.165, 1.54) is 25.3 Å². The maximum Gasteiger partial charge on any atom is 0.302 e. The molecule has 34 heavy (non-hydrogen) atoms. The molecule has 4 rings (SSSR count). The summed E-state index contributed by atoms with van der Waals surface area (Å²) in [5.74, 6) is 2.35. The molecule has 0 heterocycles. The van der Waals surface area contributed by atoms with Crippen LogP contribution in [0.5, 0.6) is 0 Å². The first-order valence-corrected chi connectivity index (χ1v) is 16.6. The van der Waals surface area contributed by atoms with E-state index in [0.717, 1.165) is 45.1 Å². The summed E-state index contributed by atoms with van der Waals surface area (Å²) in [5.41, 5.74) is 1.72. The summed E-state index contributed by atoms with van der Waals surface area (Å²) in [6.45, 7) is 18.3. The first kappa shape index (κ1) is 26.1. The molecule has 4 aliphatic rings. The molecule has 0 aliphatic heterocycles. The highest BCUT2D eigenvalue weighted by atomic mass is 28.4. The molecule has 0 radical (unpaired) electrons. The monoisotopic (exact) mass is 488 g/mol. The van der Waals surface area contributed by atoms with E-state index < -0.39 is 8.32 Å². The van der Waals surface area contributed by atoms with Gasteiger partial charge in [0.25, 0.3) is 0 Å². The number of carbonyl (C=O) groups is 2. The fourth-order valence-corrected chi connectivity index (χ4v) is 9.27. The van der Waals surface area contributed by atoms with Gasteiger partial charge in [0.1, 0.15) is 11.9 Å². The molecule has 7 atom stereocenters. The molecular formula is C29H48O4Si. The van der Waals surface area contributed by atoms with E-state index in [9.17, 15) is 9.59 Å². The highest BCUT2D eigenvalue weighted by Gasteiger charge is 2.61. The van der Waals surface area contributed by atoms with Gasteiger partial charge in [0.2, 0.25) is 0 Å². The number of Topliss-reactive ketones (excluding diaryl/α,β-unsaturated/α-hetero) is 1. The minimum atomic E-state index is -1.89. The van der Waals surface area contributed by atoms with Gasteiger partial charge in [0.05, 0.1) is 0 Å². The topological polar surface area (TPSA) is 52.6 Å². The fraction of sp³-hybridized carbons (Fsp3) is 0.862. The molecule has 0 spiro atoms. The summed E-state index contributed by atoms with van der Waals surface area (Å²) in [4.78, 5) is 24.2. The summed E-state index contributed by atoms with van der Waals surface area (Å²) >= 11 is 0. The van der Waals surface area contributed by atoms with Crippen LogP contribution in [0.4, 0.5) is 0 Å². The molecule has 5 heteroatoms. The van der Waals surface area contributed by atoms with Crippen LogP contribution in [0.2, 0.25) is 18.1 Å². The molecule has 0 saturated heterocycles. The number of ether oxygens (including phenoxy) is 1. The summed E-state index contributed by atoms with van der Waals surface area (Å²) in [6, 6.07) is 0. The molecule has 0 amide bonds. The number of fused-ring (bicyclic) bond motifs is 5. The zero-order valence-corrected chi connectivity index (χ0v) is 24.0. The van der Waals surface area contributed by atoms with Crippen molar-refractivity contribution in [3.63, 3.8) is 0 Å². The van der Waals surface area contributed by atoms with Gasteiger partial charge in [-0.2, -0.15) is 0 Å². The van der Waals surface area contributed by atoms with E-state index in [0.29, 0.717) is 23.5 Å². The van der Waals surface area contributed by atoms with Crippen LogP contribution < -0.4 is 0 Å². The van der Waals surface area contributed by atoms with Gasteiger partial charge in [0.15, 0.2) is 8.32 Å². The molecule has 192 valence electrons. The normalized spacial score (nSPS) is 40.0. The van der Waals surface area contributed by atoms with Crippen molar-refractivity contribution in [1.29, 1.82) is 0 Å². The van der Waals surface area contributed by atoms with Crippen LogP contribution in [-0.4, -0.2) is 32.8 Å². The Labute approximate surface area is 208 Å². The van der Waals surface area contributed by atoms with Crippen molar-refractivity contribution < 1.29 is 18.8 Å². The zero-order chi connectivity index (χ0) is 25.1. The Balaban J connectivity index is 1.66. The van der Waals surface area contributed by atoms with Gasteiger partial charge in [-0.1, -0.05) is 39.3 Å². The van der Waals surface area contributed by atoms with Crippen LogP contribution in [0.25, 0.3) is 0 Å². The Morgan fingerprint density at radius 2 is 1.76 bits per heavy atom. The largest absolute Gasteiger partial charge is 0.462 e. The molecule has 3 saturated carbocycles. The van der Waals surface area contributed by atoms with E-state index in [2.05, 4.69) is 46.9 Å². The Morgan fingerprint density at radius 3 is 2.38 bits per heavy atom. The average molecular weight is 489 g/mol. The number of allylic oxidation sites excluding steroid dienone is 1. The zero-order valence-electron chi connectivity index (χ0n) is 23.0. The fourth-order valence-electron chi connectivity index (χ4n) is 8.22. The third-order valence-corrected chi connectivity index (χ3v) is 15.6. The van der Waals surface area contributed by atoms with Crippen molar-refractivity contribution in [3.05, 3.63) is 11.6 Å². The summed E-state index contributed by atoms with van der Waals surface area (Å²) in [5, 5.41) is 0.182. The van der Waals surface area contributed by atoms with Crippen molar-refractivity contribution in [2.75, 3.05) is 6.61 Å². The summed E-state index contributed by atoms with van der Waals surface area (Å²) in [7, 11) is -1.89.